The zero-order valence-corrected chi connectivity index (χ0v) is 10.1. The molecule has 1 saturated heterocycles. The highest BCUT2D eigenvalue weighted by Crippen LogP contribution is 2.02. The van der Waals surface area contributed by atoms with Gasteiger partial charge in [-0.3, -0.25) is 9.78 Å². The van der Waals surface area contributed by atoms with Crippen LogP contribution in [0.5, 0.6) is 0 Å². The van der Waals surface area contributed by atoms with E-state index in [9.17, 15) is 4.79 Å². The zero-order valence-electron chi connectivity index (χ0n) is 10.1. The third kappa shape index (κ3) is 3.97. The minimum Gasteiger partial charge on any atom is -0.397 e. The van der Waals surface area contributed by atoms with Crippen LogP contribution in [0, 0.1) is 0 Å². The molecule has 6 heteroatoms. The average Bonchev–Trinajstić information content (AvgIpc) is 2.40. The molecule has 0 aromatic carbocycles. The molecule has 0 saturated carbocycles. The van der Waals surface area contributed by atoms with E-state index in [-0.39, 0.29) is 18.4 Å². The molecule has 1 fully saturated rings. The van der Waals surface area contributed by atoms with Crippen molar-refractivity contribution in [2.24, 2.45) is 0 Å². The lowest BCUT2D eigenvalue weighted by Gasteiger charge is -2.23. The fourth-order valence-corrected chi connectivity index (χ4v) is 1.65. The summed E-state index contributed by atoms with van der Waals surface area (Å²) in [4.78, 5) is 15.7. The van der Waals surface area contributed by atoms with Crippen LogP contribution in [0.3, 0.4) is 0 Å². The van der Waals surface area contributed by atoms with Gasteiger partial charge < -0.3 is 20.5 Å². The van der Waals surface area contributed by atoms with E-state index in [0.29, 0.717) is 37.7 Å². The standard InChI is InChI=1S/C12H17N3O3/c13-9-1-2-10(14-6-9)5-12(16)15-7-11-8-17-3-4-18-11/h1-2,6,11H,3-5,7-8,13H2,(H,15,16). The lowest BCUT2D eigenvalue weighted by molar-refractivity contribution is -0.123. The Morgan fingerprint density at radius 2 is 2.39 bits per heavy atom. The van der Waals surface area contributed by atoms with Crippen molar-refractivity contribution < 1.29 is 14.3 Å². The topological polar surface area (TPSA) is 86.5 Å². The predicted octanol–water partition coefficient (Wildman–Crippen LogP) is -0.262. The fourth-order valence-electron chi connectivity index (χ4n) is 1.65. The van der Waals surface area contributed by atoms with Crippen LogP contribution in [0.15, 0.2) is 18.3 Å². The van der Waals surface area contributed by atoms with E-state index in [1.165, 1.54) is 0 Å². The normalized spacial score (nSPS) is 19.4. The Kier molecular flexibility index (Phi) is 4.49. The highest BCUT2D eigenvalue weighted by Gasteiger charge is 2.15. The van der Waals surface area contributed by atoms with E-state index in [1.807, 2.05) is 0 Å². The SMILES string of the molecule is Nc1ccc(CC(=O)NCC2COCCO2)nc1. The summed E-state index contributed by atoms with van der Waals surface area (Å²) in [6.45, 7) is 2.20. The number of nitrogens with two attached hydrogens (primary N) is 1. The monoisotopic (exact) mass is 251 g/mol. The minimum absolute atomic E-state index is 0.0536. The van der Waals surface area contributed by atoms with Crippen LogP contribution >= 0.6 is 0 Å². The molecule has 2 heterocycles. The Bertz CT molecular complexity index is 388. The van der Waals surface area contributed by atoms with Crippen LogP contribution in [0.4, 0.5) is 5.69 Å². The number of rotatable bonds is 4. The van der Waals surface area contributed by atoms with Crippen molar-refractivity contribution in [3.63, 3.8) is 0 Å². The number of amides is 1. The largest absolute Gasteiger partial charge is 0.397 e. The molecule has 3 N–H and O–H groups in total. The van der Waals surface area contributed by atoms with Gasteiger partial charge in [0.1, 0.15) is 0 Å². The molecule has 18 heavy (non-hydrogen) atoms. The maximum atomic E-state index is 11.7. The molecule has 1 aromatic heterocycles. The Labute approximate surface area is 105 Å². The van der Waals surface area contributed by atoms with Crippen molar-refractivity contribution in [1.29, 1.82) is 0 Å². The van der Waals surface area contributed by atoms with Gasteiger partial charge in [0.2, 0.25) is 5.91 Å². The van der Waals surface area contributed by atoms with Gasteiger partial charge in [0.05, 0.1) is 44.2 Å². The Morgan fingerprint density at radius 1 is 1.50 bits per heavy atom. The van der Waals surface area contributed by atoms with Gasteiger partial charge in [-0.05, 0) is 12.1 Å². The van der Waals surface area contributed by atoms with Gasteiger partial charge in [-0.15, -0.1) is 0 Å². The number of carbonyl (C=O) groups is 1. The number of nitrogens with one attached hydrogen (secondary N) is 1. The summed E-state index contributed by atoms with van der Waals surface area (Å²) in [5.41, 5.74) is 6.81. The molecule has 0 bridgehead atoms. The molecule has 1 aliphatic heterocycles. The van der Waals surface area contributed by atoms with Gasteiger partial charge in [-0.25, -0.2) is 0 Å². The highest BCUT2D eigenvalue weighted by atomic mass is 16.6. The number of hydrogen-bond acceptors (Lipinski definition) is 5. The summed E-state index contributed by atoms with van der Waals surface area (Å²) in [7, 11) is 0. The van der Waals surface area contributed by atoms with Gasteiger partial charge in [0.15, 0.2) is 0 Å². The number of ether oxygens (including phenoxy) is 2. The van der Waals surface area contributed by atoms with Gasteiger partial charge in [0, 0.05) is 12.2 Å². The van der Waals surface area contributed by atoms with Crippen molar-refractivity contribution in [2.75, 3.05) is 32.1 Å². The number of hydrogen-bond donors (Lipinski definition) is 2. The second-order valence-electron chi connectivity index (χ2n) is 4.13. The smallest absolute Gasteiger partial charge is 0.226 e. The molecule has 1 amide bonds. The van der Waals surface area contributed by atoms with Crippen molar-refractivity contribution in [3.05, 3.63) is 24.0 Å². The van der Waals surface area contributed by atoms with Crippen LogP contribution in [0.25, 0.3) is 0 Å². The van der Waals surface area contributed by atoms with Gasteiger partial charge in [-0.2, -0.15) is 0 Å². The van der Waals surface area contributed by atoms with E-state index in [0.717, 1.165) is 0 Å². The van der Waals surface area contributed by atoms with Crippen LogP contribution in [-0.4, -0.2) is 43.4 Å². The lowest BCUT2D eigenvalue weighted by Crippen LogP contribution is -2.40. The number of nitrogen functional groups attached to an aromatic ring is 1. The molecule has 0 radical (unpaired) electrons. The summed E-state index contributed by atoms with van der Waals surface area (Å²) in [6, 6.07) is 3.48. The van der Waals surface area contributed by atoms with Crippen molar-refractivity contribution >= 4 is 11.6 Å². The molecular formula is C12H17N3O3. The summed E-state index contributed by atoms with van der Waals surface area (Å²) in [5, 5.41) is 2.80. The predicted molar refractivity (Wildman–Crippen MR) is 65.9 cm³/mol. The molecule has 1 aromatic rings. The molecular weight excluding hydrogens is 234 g/mol. The first-order valence-electron chi connectivity index (χ1n) is 5.90. The van der Waals surface area contributed by atoms with Gasteiger partial charge in [-0.1, -0.05) is 0 Å². The number of nitrogens with zero attached hydrogens (tertiary/aromatic N) is 1. The second kappa shape index (κ2) is 6.32. The summed E-state index contributed by atoms with van der Waals surface area (Å²) in [6.07, 6.45) is 1.73. The van der Waals surface area contributed by atoms with E-state index >= 15 is 0 Å². The van der Waals surface area contributed by atoms with Crippen LogP contribution in [0.1, 0.15) is 5.69 Å². The quantitative estimate of drug-likeness (QED) is 0.769. The Morgan fingerprint density at radius 3 is 3.06 bits per heavy atom. The molecule has 1 aliphatic rings. The Balaban J connectivity index is 1.73. The van der Waals surface area contributed by atoms with Crippen molar-refractivity contribution in [3.8, 4) is 0 Å². The summed E-state index contributed by atoms with van der Waals surface area (Å²) in [5.74, 6) is -0.0820. The third-order valence-electron chi connectivity index (χ3n) is 2.60. The van der Waals surface area contributed by atoms with Gasteiger partial charge >= 0.3 is 0 Å². The molecule has 1 unspecified atom stereocenters. The van der Waals surface area contributed by atoms with E-state index in [4.69, 9.17) is 15.2 Å². The minimum atomic E-state index is -0.0820. The summed E-state index contributed by atoms with van der Waals surface area (Å²) < 4.78 is 10.7. The number of aromatic nitrogens is 1. The third-order valence-corrected chi connectivity index (χ3v) is 2.60. The number of carbonyl (C=O) groups excluding carboxylic acids is 1. The molecule has 98 valence electrons. The van der Waals surface area contributed by atoms with Crippen molar-refractivity contribution in [2.45, 2.75) is 12.5 Å². The first-order valence-corrected chi connectivity index (χ1v) is 5.90. The van der Waals surface area contributed by atoms with E-state index < -0.39 is 0 Å². The molecule has 6 nitrogen and oxygen atoms in total. The van der Waals surface area contributed by atoms with Crippen molar-refractivity contribution in [1.82, 2.24) is 10.3 Å². The first-order chi connectivity index (χ1) is 8.74. The number of pyridine rings is 1. The maximum absolute atomic E-state index is 11.7. The number of anilines is 1. The highest BCUT2D eigenvalue weighted by molar-refractivity contribution is 5.78. The van der Waals surface area contributed by atoms with E-state index in [1.54, 1.807) is 18.3 Å². The zero-order chi connectivity index (χ0) is 12.8. The average molecular weight is 251 g/mol. The molecule has 1 atom stereocenters. The molecule has 0 spiro atoms. The summed E-state index contributed by atoms with van der Waals surface area (Å²) >= 11 is 0. The lowest BCUT2D eigenvalue weighted by atomic mass is 10.2. The van der Waals surface area contributed by atoms with Crippen LogP contribution < -0.4 is 11.1 Å². The Hall–Kier alpha value is -1.66. The van der Waals surface area contributed by atoms with E-state index in [2.05, 4.69) is 10.3 Å². The van der Waals surface area contributed by atoms with Crippen LogP contribution in [0.2, 0.25) is 0 Å². The maximum Gasteiger partial charge on any atom is 0.226 e. The fraction of sp³-hybridized carbons (Fsp3) is 0.500. The molecule has 0 aliphatic carbocycles. The van der Waals surface area contributed by atoms with Crippen LogP contribution in [-0.2, 0) is 20.7 Å². The molecule has 2 rings (SSSR count). The first kappa shape index (κ1) is 12.8. The second-order valence-corrected chi connectivity index (χ2v) is 4.13. The van der Waals surface area contributed by atoms with Gasteiger partial charge in [0.25, 0.3) is 0 Å².